The van der Waals surface area contributed by atoms with Crippen molar-refractivity contribution < 1.29 is 14.2 Å². The van der Waals surface area contributed by atoms with Crippen LogP contribution in [0, 0.1) is 12.8 Å². The monoisotopic (exact) mass is 391 g/mol. The Morgan fingerprint density at radius 2 is 2.07 bits per heavy atom. The molecule has 3 heterocycles. The number of likely N-dealkylation sites (tertiary alicyclic amines) is 1. The van der Waals surface area contributed by atoms with Gasteiger partial charge in [0.1, 0.15) is 17.1 Å². The molecule has 9 heteroatoms. The smallest absolute Gasteiger partial charge is 0.270 e. The molecule has 146 valence electrons. The third-order valence-corrected chi connectivity index (χ3v) is 5.98. The van der Waals surface area contributed by atoms with Crippen molar-refractivity contribution in [3.63, 3.8) is 0 Å². The average molecular weight is 391 g/mol. The Morgan fingerprint density at radius 1 is 1.33 bits per heavy atom. The molecule has 0 saturated carbocycles. The minimum atomic E-state index is -0.120. The molecule has 2 aromatic rings. The van der Waals surface area contributed by atoms with E-state index < -0.39 is 0 Å². The fraction of sp³-hybridized carbons (Fsp3) is 0.611. The molecule has 0 unspecified atom stereocenters. The second-order valence-electron chi connectivity index (χ2n) is 7.23. The van der Waals surface area contributed by atoms with E-state index in [-0.39, 0.29) is 18.2 Å². The quantitative estimate of drug-likeness (QED) is 0.810. The summed E-state index contributed by atoms with van der Waals surface area (Å²) in [4.78, 5) is 30.9. The first-order chi connectivity index (χ1) is 12.9. The fourth-order valence-corrected chi connectivity index (χ4v) is 3.85. The number of thiazole rings is 1. The van der Waals surface area contributed by atoms with Crippen LogP contribution in [0.1, 0.15) is 59.5 Å². The van der Waals surface area contributed by atoms with Crippen molar-refractivity contribution in [1.29, 1.82) is 0 Å². The fourth-order valence-electron chi connectivity index (χ4n) is 3.04. The molecule has 1 aliphatic rings. The van der Waals surface area contributed by atoms with Crippen LogP contribution in [0.3, 0.4) is 0 Å². The summed E-state index contributed by atoms with van der Waals surface area (Å²) in [5.41, 5.74) is 1.75. The first-order valence-corrected chi connectivity index (χ1v) is 10.1. The van der Waals surface area contributed by atoms with Gasteiger partial charge in [-0.25, -0.2) is 9.61 Å². The molecular weight excluding hydrogens is 366 g/mol. The standard InChI is InChI=1S/C18H25N5O3S/c1-11(2)18-20-15(10-27-18)17(25)19-9-13-4-6-23(7-5-13)16(24)8-14-12(3)21-26-22-14/h10-11,13H,4-9H2,1-3H3,(H,19,25). The normalized spacial score (nSPS) is 15.3. The molecule has 0 bridgehead atoms. The molecule has 1 saturated heterocycles. The molecule has 1 N–H and O–H groups in total. The molecule has 1 aliphatic heterocycles. The van der Waals surface area contributed by atoms with E-state index in [1.807, 2.05) is 10.3 Å². The van der Waals surface area contributed by atoms with E-state index in [1.54, 1.807) is 6.92 Å². The van der Waals surface area contributed by atoms with E-state index in [0.717, 1.165) is 17.8 Å². The predicted octanol–water partition coefficient (Wildman–Crippen LogP) is 2.17. The van der Waals surface area contributed by atoms with Gasteiger partial charge in [-0.3, -0.25) is 9.59 Å². The molecule has 1 fully saturated rings. The maximum atomic E-state index is 12.4. The topological polar surface area (TPSA) is 101 Å². The molecule has 0 radical (unpaired) electrons. The lowest BCUT2D eigenvalue weighted by molar-refractivity contribution is -0.131. The summed E-state index contributed by atoms with van der Waals surface area (Å²) >= 11 is 1.52. The summed E-state index contributed by atoms with van der Waals surface area (Å²) < 4.78 is 4.64. The van der Waals surface area contributed by atoms with Crippen LogP contribution in [0.2, 0.25) is 0 Å². The van der Waals surface area contributed by atoms with Crippen LogP contribution < -0.4 is 5.32 Å². The Labute approximate surface area is 162 Å². The number of hydrogen-bond donors (Lipinski definition) is 1. The molecule has 3 rings (SSSR count). The van der Waals surface area contributed by atoms with Crippen molar-refractivity contribution in [3.8, 4) is 0 Å². The average Bonchev–Trinajstić information content (AvgIpc) is 3.30. The number of carbonyl (C=O) groups is 2. The van der Waals surface area contributed by atoms with Gasteiger partial charge >= 0.3 is 0 Å². The van der Waals surface area contributed by atoms with Gasteiger partial charge in [0.05, 0.1) is 11.4 Å². The summed E-state index contributed by atoms with van der Waals surface area (Å²) in [5, 5.41) is 13.2. The Hall–Kier alpha value is -2.29. The Kier molecular flexibility index (Phi) is 6.20. The Balaban J connectivity index is 1.42. The highest BCUT2D eigenvalue weighted by Crippen LogP contribution is 2.20. The number of nitrogens with zero attached hydrogens (tertiary/aromatic N) is 4. The van der Waals surface area contributed by atoms with E-state index in [1.165, 1.54) is 11.3 Å². The minimum Gasteiger partial charge on any atom is -0.350 e. The van der Waals surface area contributed by atoms with Crippen molar-refractivity contribution >= 4 is 23.2 Å². The molecule has 0 atom stereocenters. The number of piperidine rings is 1. The third kappa shape index (κ3) is 4.91. The van der Waals surface area contributed by atoms with Gasteiger partial charge in [-0.2, -0.15) is 0 Å². The highest BCUT2D eigenvalue weighted by molar-refractivity contribution is 7.09. The van der Waals surface area contributed by atoms with Gasteiger partial charge in [0.25, 0.3) is 5.91 Å². The lowest BCUT2D eigenvalue weighted by atomic mass is 9.96. The van der Waals surface area contributed by atoms with Gasteiger partial charge in [-0.05, 0) is 25.7 Å². The number of nitrogens with one attached hydrogen (secondary N) is 1. The molecule has 2 aromatic heterocycles. The van der Waals surface area contributed by atoms with E-state index in [4.69, 9.17) is 0 Å². The van der Waals surface area contributed by atoms with Crippen molar-refractivity contribution in [2.75, 3.05) is 19.6 Å². The van der Waals surface area contributed by atoms with Gasteiger partial charge in [0, 0.05) is 30.9 Å². The summed E-state index contributed by atoms with van der Waals surface area (Å²) in [7, 11) is 0. The predicted molar refractivity (Wildman–Crippen MR) is 101 cm³/mol. The summed E-state index contributed by atoms with van der Waals surface area (Å²) in [5.74, 6) is 0.623. The summed E-state index contributed by atoms with van der Waals surface area (Å²) in [6, 6.07) is 0. The van der Waals surface area contributed by atoms with E-state index in [0.29, 0.717) is 48.6 Å². The summed E-state index contributed by atoms with van der Waals surface area (Å²) in [6.07, 6.45) is 1.96. The van der Waals surface area contributed by atoms with Crippen LogP contribution in [0.4, 0.5) is 0 Å². The Morgan fingerprint density at radius 3 is 2.67 bits per heavy atom. The van der Waals surface area contributed by atoms with Crippen LogP contribution >= 0.6 is 11.3 Å². The first-order valence-electron chi connectivity index (χ1n) is 9.23. The number of aromatic nitrogens is 3. The second kappa shape index (κ2) is 8.60. The van der Waals surface area contributed by atoms with Crippen LogP contribution in [0.25, 0.3) is 0 Å². The van der Waals surface area contributed by atoms with Crippen LogP contribution in [-0.2, 0) is 11.2 Å². The number of carbonyl (C=O) groups excluding carboxylic acids is 2. The summed E-state index contributed by atoms with van der Waals surface area (Å²) in [6.45, 7) is 7.91. The zero-order valence-corrected chi connectivity index (χ0v) is 16.7. The van der Waals surface area contributed by atoms with Crippen molar-refractivity contribution in [1.82, 2.24) is 25.5 Å². The van der Waals surface area contributed by atoms with E-state index in [2.05, 4.69) is 39.1 Å². The van der Waals surface area contributed by atoms with Crippen LogP contribution in [-0.4, -0.2) is 51.6 Å². The zero-order valence-electron chi connectivity index (χ0n) is 15.9. The number of rotatable bonds is 6. The van der Waals surface area contributed by atoms with Gasteiger partial charge in [-0.1, -0.05) is 24.2 Å². The van der Waals surface area contributed by atoms with E-state index >= 15 is 0 Å². The molecule has 0 aliphatic carbocycles. The van der Waals surface area contributed by atoms with E-state index in [9.17, 15) is 9.59 Å². The highest BCUT2D eigenvalue weighted by Gasteiger charge is 2.25. The zero-order chi connectivity index (χ0) is 19.4. The van der Waals surface area contributed by atoms with Crippen molar-refractivity contribution in [2.24, 2.45) is 5.92 Å². The molecule has 2 amide bonds. The van der Waals surface area contributed by atoms with Gasteiger partial charge in [0.2, 0.25) is 5.91 Å². The number of aryl methyl sites for hydroxylation is 1. The number of amides is 2. The maximum Gasteiger partial charge on any atom is 0.270 e. The second-order valence-corrected chi connectivity index (χ2v) is 8.12. The first kappa shape index (κ1) is 19.5. The minimum absolute atomic E-state index is 0.0416. The van der Waals surface area contributed by atoms with Crippen molar-refractivity contribution in [3.05, 3.63) is 27.5 Å². The third-order valence-electron chi connectivity index (χ3n) is 4.83. The highest BCUT2D eigenvalue weighted by atomic mass is 32.1. The lowest BCUT2D eigenvalue weighted by Crippen LogP contribution is -2.42. The molecule has 0 spiro atoms. The van der Waals surface area contributed by atoms with Crippen LogP contribution in [0.5, 0.6) is 0 Å². The number of hydrogen-bond acceptors (Lipinski definition) is 7. The molecule has 0 aromatic carbocycles. The Bertz CT molecular complexity index is 793. The lowest BCUT2D eigenvalue weighted by Gasteiger charge is -2.32. The molecule has 27 heavy (non-hydrogen) atoms. The van der Waals surface area contributed by atoms with Gasteiger partial charge < -0.3 is 10.2 Å². The van der Waals surface area contributed by atoms with Gasteiger partial charge in [0.15, 0.2) is 0 Å². The SMILES string of the molecule is Cc1nonc1CC(=O)N1CCC(CNC(=O)c2csc(C(C)C)n2)CC1. The van der Waals surface area contributed by atoms with Gasteiger partial charge in [-0.15, -0.1) is 11.3 Å². The maximum absolute atomic E-state index is 12.4. The molecular formula is C18H25N5O3S. The largest absolute Gasteiger partial charge is 0.350 e. The van der Waals surface area contributed by atoms with Crippen molar-refractivity contribution in [2.45, 2.75) is 46.0 Å². The van der Waals surface area contributed by atoms with Crippen LogP contribution in [0.15, 0.2) is 10.0 Å². The molecule has 8 nitrogen and oxygen atoms in total.